The van der Waals surface area contributed by atoms with Gasteiger partial charge in [0, 0.05) is 33.4 Å². The molecule has 28 heavy (non-hydrogen) atoms. The molecular weight excluding hydrogens is 500 g/mol. The highest BCUT2D eigenvalue weighted by Crippen LogP contribution is 2.53. The zero-order valence-corrected chi connectivity index (χ0v) is 18.6. The van der Waals surface area contributed by atoms with E-state index < -0.39 is 28.2 Å². The summed E-state index contributed by atoms with van der Waals surface area (Å²) in [4.78, 5) is 24.5. The summed E-state index contributed by atoms with van der Waals surface area (Å²) >= 11 is 15.1. The molecule has 0 N–H and O–H groups in total. The number of alkyl halides is 3. The molecule has 1 unspecified atom stereocenters. The Hall–Kier alpha value is -1.02. The van der Waals surface area contributed by atoms with Gasteiger partial charge in [0.05, 0.1) is 0 Å². The topological polar surface area (TPSA) is 34.1 Å². The van der Waals surface area contributed by atoms with E-state index in [9.17, 15) is 22.8 Å². The quantitative estimate of drug-likeness (QED) is 0.391. The third-order valence-electron chi connectivity index (χ3n) is 3.99. The van der Waals surface area contributed by atoms with Crippen LogP contribution in [0.15, 0.2) is 40.9 Å². The molecule has 0 saturated carbocycles. The molecule has 0 aliphatic heterocycles. The zero-order valence-electron chi connectivity index (χ0n) is 14.7. The van der Waals surface area contributed by atoms with Gasteiger partial charge in [-0.25, -0.2) is 0 Å². The van der Waals surface area contributed by atoms with Crippen LogP contribution in [0.2, 0.25) is 10.0 Å². The lowest BCUT2D eigenvalue weighted by Gasteiger charge is -2.34. The van der Waals surface area contributed by atoms with Gasteiger partial charge in [-0.05, 0) is 48.4 Å². The first kappa shape index (κ1) is 23.3. The van der Waals surface area contributed by atoms with E-state index in [-0.39, 0.29) is 32.9 Å². The summed E-state index contributed by atoms with van der Waals surface area (Å²) in [5, 5.41) is -0.826. The third kappa shape index (κ3) is 5.12. The van der Waals surface area contributed by atoms with E-state index in [0.717, 1.165) is 23.5 Å². The van der Waals surface area contributed by atoms with Gasteiger partial charge in [0.15, 0.2) is 15.6 Å². The van der Waals surface area contributed by atoms with E-state index in [4.69, 9.17) is 23.2 Å². The smallest absolute Gasteiger partial charge is 0.294 e. The first-order valence-electron chi connectivity index (χ1n) is 7.88. The molecular formula is C19H14BrCl2F3O2S. The van der Waals surface area contributed by atoms with Crippen LogP contribution in [-0.2, 0) is 9.54 Å². The van der Waals surface area contributed by atoms with Crippen molar-refractivity contribution >= 4 is 61.8 Å². The van der Waals surface area contributed by atoms with Crippen molar-refractivity contribution in [2.75, 3.05) is 0 Å². The van der Waals surface area contributed by atoms with Crippen molar-refractivity contribution in [3.8, 4) is 0 Å². The molecule has 2 aromatic carbocycles. The second kappa shape index (κ2) is 8.78. The number of hydrogen-bond acceptors (Lipinski definition) is 3. The molecule has 2 aromatic rings. The summed E-state index contributed by atoms with van der Waals surface area (Å²) in [6.07, 6.45) is -5.89. The Morgan fingerprint density at radius 2 is 1.64 bits per heavy atom. The van der Waals surface area contributed by atoms with E-state index >= 15 is 0 Å². The van der Waals surface area contributed by atoms with Crippen molar-refractivity contribution < 1.29 is 22.8 Å². The lowest BCUT2D eigenvalue weighted by atomic mass is 9.89. The lowest BCUT2D eigenvalue weighted by Crippen LogP contribution is -2.42. The van der Waals surface area contributed by atoms with Gasteiger partial charge in [0.2, 0.25) is 0 Å². The first-order chi connectivity index (χ1) is 12.9. The SMILES string of the molecule is CC(=O)SC(CC(=O)c1ccc(Br)c(C)c1)(c1cc(Cl)cc(Cl)c1)C(F)(F)F. The fourth-order valence-corrected chi connectivity index (χ4v) is 4.52. The van der Waals surface area contributed by atoms with Gasteiger partial charge in [-0.3, -0.25) is 9.59 Å². The summed E-state index contributed by atoms with van der Waals surface area (Å²) < 4.78 is 40.8. The second-order valence-corrected chi connectivity index (χ2v) is 9.34. The van der Waals surface area contributed by atoms with E-state index in [1.54, 1.807) is 13.0 Å². The molecule has 0 bridgehead atoms. The Morgan fingerprint density at radius 3 is 2.11 bits per heavy atom. The molecule has 0 aromatic heterocycles. The summed E-state index contributed by atoms with van der Waals surface area (Å²) in [5.41, 5.74) is 0.472. The number of rotatable bonds is 5. The third-order valence-corrected chi connectivity index (χ3v) is 6.57. The van der Waals surface area contributed by atoms with Crippen molar-refractivity contribution in [3.05, 3.63) is 67.6 Å². The highest BCUT2D eigenvalue weighted by molar-refractivity contribution is 9.10. The van der Waals surface area contributed by atoms with Crippen molar-refractivity contribution in [1.82, 2.24) is 0 Å². The zero-order chi connectivity index (χ0) is 21.3. The molecule has 0 amide bonds. The maximum atomic E-state index is 14.3. The predicted octanol–water partition coefficient (Wildman–Crippen LogP) is 7.37. The number of ketones is 1. The summed E-state index contributed by atoms with van der Waals surface area (Å²) in [6, 6.07) is 7.97. The Labute approximate surface area is 182 Å². The lowest BCUT2D eigenvalue weighted by molar-refractivity contribution is -0.162. The number of carbonyl (C=O) groups is 2. The van der Waals surface area contributed by atoms with E-state index in [2.05, 4.69) is 15.9 Å². The Kier molecular flexibility index (Phi) is 7.29. The average Bonchev–Trinajstić information content (AvgIpc) is 2.54. The molecule has 0 aliphatic carbocycles. The Balaban J connectivity index is 2.64. The standard InChI is InChI=1S/C19H14BrCl2F3O2S/c1-10-5-12(3-4-16(10)20)17(27)9-18(19(23,24)25,28-11(2)26)13-6-14(21)8-15(22)7-13/h3-8H,9H2,1-2H3. The fourth-order valence-electron chi connectivity index (χ4n) is 2.70. The van der Waals surface area contributed by atoms with Crippen LogP contribution >= 0.6 is 50.9 Å². The number of benzene rings is 2. The van der Waals surface area contributed by atoms with Crippen molar-refractivity contribution in [2.24, 2.45) is 0 Å². The van der Waals surface area contributed by atoms with Gasteiger partial charge >= 0.3 is 6.18 Å². The van der Waals surface area contributed by atoms with Gasteiger partial charge in [-0.2, -0.15) is 13.2 Å². The van der Waals surface area contributed by atoms with E-state index in [0.29, 0.717) is 5.56 Å². The molecule has 0 spiro atoms. The van der Waals surface area contributed by atoms with E-state index in [1.165, 1.54) is 18.2 Å². The molecule has 2 nitrogen and oxygen atoms in total. The Morgan fingerprint density at radius 1 is 1.07 bits per heavy atom. The van der Waals surface area contributed by atoms with Crippen molar-refractivity contribution in [1.29, 1.82) is 0 Å². The maximum absolute atomic E-state index is 14.3. The van der Waals surface area contributed by atoms with Gasteiger partial charge in [-0.1, -0.05) is 57.0 Å². The monoisotopic (exact) mass is 512 g/mol. The van der Waals surface area contributed by atoms with Gasteiger partial charge < -0.3 is 0 Å². The van der Waals surface area contributed by atoms with Gasteiger partial charge in [0.25, 0.3) is 0 Å². The predicted molar refractivity (Wildman–Crippen MR) is 110 cm³/mol. The van der Waals surface area contributed by atoms with Crippen LogP contribution in [0.4, 0.5) is 13.2 Å². The van der Waals surface area contributed by atoms with Gasteiger partial charge in [0.1, 0.15) is 0 Å². The van der Waals surface area contributed by atoms with E-state index in [1.807, 2.05) is 0 Å². The van der Waals surface area contributed by atoms with Gasteiger partial charge in [-0.15, -0.1) is 0 Å². The van der Waals surface area contributed by atoms with Crippen molar-refractivity contribution in [3.63, 3.8) is 0 Å². The van der Waals surface area contributed by atoms with Crippen LogP contribution < -0.4 is 0 Å². The summed E-state index contributed by atoms with van der Waals surface area (Å²) in [7, 11) is 0. The van der Waals surface area contributed by atoms with Crippen LogP contribution in [0.5, 0.6) is 0 Å². The fraction of sp³-hybridized carbons (Fsp3) is 0.263. The largest absolute Gasteiger partial charge is 0.408 e. The molecule has 1 atom stereocenters. The minimum atomic E-state index is -4.92. The number of carbonyl (C=O) groups excluding carboxylic acids is 2. The van der Waals surface area contributed by atoms with Crippen LogP contribution in [0.3, 0.4) is 0 Å². The number of aryl methyl sites for hydroxylation is 1. The molecule has 0 fully saturated rings. The highest BCUT2D eigenvalue weighted by Gasteiger charge is 2.58. The number of hydrogen-bond donors (Lipinski definition) is 0. The number of Topliss-reactive ketones (excluding diaryl/α,β-unsaturated/α-hetero) is 1. The van der Waals surface area contributed by atoms with Crippen LogP contribution in [0, 0.1) is 6.92 Å². The molecule has 0 heterocycles. The molecule has 0 radical (unpaired) electrons. The molecule has 0 aliphatic rings. The number of thioether (sulfide) groups is 1. The van der Waals surface area contributed by atoms with Crippen LogP contribution in [-0.4, -0.2) is 17.1 Å². The van der Waals surface area contributed by atoms with Crippen LogP contribution in [0.25, 0.3) is 0 Å². The maximum Gasteiger partial charge on any atom is 0.408 e. The molecule has 150 valence electrons. The van der Waals surface area contributed by atoms with Crippen LogP contribution in [0.1, 0.15) is 34.8 Å². The summed E-state index contributed by atoms with van der Waals surface area (Å²) in [5.74, 6) is -0.752. The molecule has 2 rings (SSSR count). The highest BCUT2D eigenvalue weighted by atomic mass is 79.9. The number of halogens is 6. The average molecular weight is 514 g/mol. The molecule has 0 saturated heterocycles. The minimum Gasteiger partial charge on any atom is -0.294 e. The molecule has 9 heteroatoms. The minimum absolute atomic E-state index is 0.0211. The Bertz CT molecular complexity index is 914. The second-order valence-electron chi connectivity index (χ2n) is 6.14. The first-order valence-corrected chi connectivity index (χ1v) is 10.2. The summed E-state index contributed by atoms with van der Waals surface area (Å²) in [6.45, 7) is 2.74. The van der Waals surface area contributed by atoms with Crippen molar-refractivity contribution in [2.45, 2.75) is 31.2 Å². The normalized spacial score (nSPS) is 13.9.